The van der Waals surface area contributed by atoms with Gasteiger partial charge in [0.05, 0.1) is 0 Å². The molecule has 2 heterocycles. The van der Waals surface area contributed by atoms with E-state index in [0.717, 1.165) is 25.1 Å². The van der Waals surface area contributed by atoms with E-state index in [1.807, 2.05) is 42.5 Å². The molecule has 0 spiro atoms. The number of hydrogen-bond donors (Lipinski definition) is 1. The van der Waals surface area contributed by atoms with E-state index >= 15 is 0 Å². The third-order valence-electron chi connectivity index (χ3n) is 3.58. The van der Waals surface area contributed by atoms with Gasteiger partial charge in [-0.3, -0.25) is 9.78 Å². The Kier molecular flexibility index (Phi) is 3.63. The fourth-order valence-corrected chi connectivity index (χ4v) is 2.59. The molecule has 1 aromatic carbocycles. The van der Waals surface area contributed by atoms with Gasteiger partial charge in [-0.2, -0.15) is 0 Å². The molecule has 0 saturated carbocycles. The van der Waals surface area contributed by atoms with E-state index in [9.17, 15) is 4.79 Å². The third-order valence-corrected chi connectivity index (χ3v) is 3.58. The fourth-order valence-electron chi connectivity index (χ4n) is 2.59. The van der Waals surface area contributed by atoms with Crippen molar-refractivity contribution in [2.24, 2.45) is 0 Å². The molecule has 20 heavy (non-hydrogen) atoms. The summed E-state index contributed by atoms with van der Waals surface area (Å²) in [6, 6.07) is 13.3. The third kappa shape index (κ3) is 2.64. The van der Waals surface area contributed by atoms with Crippen molar-refractivity contribution in [1.29, 1.82) is 0 Å². The quantitative estimate of drug-likeness (QED) is 0.929. The molecule has 1 N–H and O–H groups in total. The fraction of sp³-hybridized carbons (Fsp3) is 0.250. The number of nitrogens with one attached hydrogen (secondary N) is 1. The second kappa shape index (κ2) is 5.74. The molecule has 0 bridgehead atoms. The average Bonchev–Trinajstić information content (AvgIpc) is 2.97. The number of anilines is 1. The molecule has 0 radical (unpaired) electrons. The molecule has 1 atom stereocenters. The van der Waals surface area contributed by atoms with E-state index in [0.29, 0.717) is 5.56 Å². The van der Waals surface area contributed by atoms with Crippen LogP contribution in [0, 0.1) is 0 Å². The summed E-state index contributed by atoms with van der Waals surface area (Å²) in [7, 11) is 0. The summed E-state index contributed by atoms with van der Waals surface area (Å²) in [5.41, 5.74) is 1.81. The van der Waals surface area contributed by atoms with Gasteiger partial charge in [0, 0.05) is 30.2 Å². The first-order chi connectivity index (χ1) is 9.84. The lowest BCUT2D eigenvalue weighted by atomic mass is 10.2. The molecule has 4 heteroatoms. The minimum Gasteiger partial charge on any atom is -0.351 e. The van der Waals surface area contributed by atoms with Gasteiger partial charge in [-0.15, -0.1) is 0 Å². The van der Waals surface area contributed by atoms with E-state index in [1.54, 1.807) is 12.4 Å². The van der Waals surface area contributed by atoms with Gasteiger partial charge < -0.3 is 10.2 Å². The van der Waals surface area contributed by atoms with Crippen LogP contribution in [0.3, 0.4) is 0 Å². The maximum absolute atomic E-state index is 12.2. The first kappa shape index (κ1) is 12.7. The zero-order chi connectivity index (χ0) is 13.8. The Balaban J connectivity index is 1.72. The van der Waals surface area contributed by atoms with E-state index < -0.39 is 0 Å². The highest BCUT2D eigenvalue weighted by molar-refractivity contribution is 5.94. The first-order valence-corrected chi connectivity index (χ1v) is 6.87. The molecule has 1 saturated heterocycles. The number of hydrogen-bond acceptors (Lipinski definition) is 3. The summed E-state index contributed by atoms with van der Waals surface area (Å²) in [6.45, 7) is 0.962. The number of amides is 1. The zero-order valence-electron chi connectivity index (χ0n) is 11.2. The topological polar surface area (TPSA) is 45.2 Å². The maximum atomic E-state index is 12.2. The summed E-state index contributed by atoms with van der Waals surface area (Å²) in [6.07, 6.45) is 5.68. The Labute approximate surface area is 118 Å². The van der Waals surface area contributed by atoms with Gasteiger partial charge in [-0.25, -0.2) is 0 Å². The highest BCUT2D eigenvalue weighted by atomic mass is 16.1. The van der Waals surface area contributed by atoms with Crippen LogP contribution in [0.2, 0.25) is 0 Å². The highest BCUT2D eigenvalue weighted by Gasteiger charge is 2.26. The van der Waals surface area contributed by atoms with Gasteiger partial charge >= 0.3 is 0 Å². The van der Waals surface area contributed by atoms with Crippen LogP contribution in [0.1, 0.15) is 23.2 Å². The Hall–Kier alpha value is -2.36. The van der Waals surface area contributed by atoms with Crippen molar-refractivity contribution in [3.63, 3.8) is 0 Å². The summed E-state index contributed by atoms with van der Waals surface area (Å²) in [5, 5.41) is 3.11. The molecule has 1 fully saturated rings. The number of benzene rings is 1. The standard InChI is InChI=1S/C16H17N3O/c20-16(13-5-2-1-3-6-13)18-15-7-4-12-19(15)14-8-10-17-11-9-14/h1-3,5-6,8-11,15H,4,7,12H2,(H,18,20). The molecule has 1 aliphatic rings. The molecule has 0 aliphatic carbocycles. The zero-order valence-corrected chi connectivity index (χ0v) is 11.2. The van der Waals surface area contributed by atoms with E-state index in [2.05, 4.69) is 15.2 Å². The molecule has 4 nitrogen and oxygen atoms in total. The predicted octanol–water partition coefficient (Wildman–Crippen LogP) is 2.44. The average molecular weight is 267 g/mol. The lowest BCUT2D eigenvalue weighted by molar-refractivity contribution is 0.0938. The van der Waals surface area contributed by atoms with Gasteiger partial charge in [0.2, 0.25) is 0 Å². The SMILES string of the molecule is O=C(NC1CCCN1c1ccncc1)c1ccccc1. The molecule has 102 valence electrons. The molecule has 1 aromatic heterocycles. The van der Waals surface area contributed by atoms with Crippen molar-refractivity contribution >= 4 is 11.6 Å². The van der Waals surface area contributed by atoms with Gasteiger partial charge in [0.25, 0.3) is 5.91 Å². The number of nitrogens with zero attached hydrogens (tertiary/aromatic N) is 2. The molecule has 1 amide bonds. The van der Waals surface area contributed by atoms with Gasteiger partial charge in [-0.1, -0.05) is 18.2 Å². The van der Waals surface area contributed by atoms with Crippen LogP contribution >= 0.6 is 0 Å². The summed E-state index contributed by atoms with van der Waals surface area (Å²) < 4.78 is 0. The monoisotopic (exact) mass is 267 g/mol. The van der Waals surface area contributed by atoms with E-state index in [1.165, 1.54) is 0 Å². The molecular formula is C16H17N3O. The van der Waals surface area contributed by atoms with Gasteiger partial charge in [0.1, 0.15) is 6.17 Å². The largest absolute Gasteiger partial charge is 0.351 e. The van der Waals surface area contributed by atoms with Crippen LogP contribution < -0.4 is 10.2 Å². The summed E-state index contributed by atoms with van der Waals surface area (Å²) in [5.74, 6) is -0.0171. The van der Waals surface area contributed by atoms with Crippen LogP contribution in [0.5, 0.6) is 0 Å². The maximum Gasteiger partial charge on any atom is 0.252 e. The van der Waals surface area contributed by atoms with Crippen LogP contribution in [-0.2, 0) is 0 Å². The van der Waals surface area contributed by atoms with E-state index in [4.69, 9.17) is 0 Å². The Morgan fingerprint density at radius 3 is 2.65 bits per heavy atom. The normalized spacial score (nSPS) is 18.0. The molecule has 2 aromatic rings. The Morgan fingerprint density at radius 1 is 1.15 bits per heavy atom. The molecule has 1 aliphatic heterocycles. The second-order valence-electron chi connectivity index (χ2n) is 4.90. The van der Waals surface area contributed by atoms with Crippen molar-refractivity contribution in [3.8, 4) is 0 Å². The van der Waals surface area contributed by atoms with Crippen LogP contribution in [-0.4, -0.2) is 23.6 Å². The van der Waals surface area contributed by atoms with Crippen molar-refractivity contribution in [2.45, 2.75) is 19.0 Å². The lowest BCUT2D eigenvalue weighted by Gasteiger charge is -2.27. The van der Waals surface area contributed by atoms with Crippen molar-refractivity contribution in [2.75, 3.05) is 11.4 Å². The number of pyridine rings is 1. The Morgan fingerprint density at radius 2 is 1.90 bits per heavy atom. The molecule has 1 unspecified atom stereocenters. The van der Waals surface area contributed by atoms with Crippen molar-refractivity contribution in [3.05, 3.63) is 60.4 Å². The minimum atomic E-state index is -0.0171. The molecular weight excluding hydrogens is 250 g/mol. The second-order valence-corrected chi connectivity index (χ2v) is 4.90. The number of carbonyl (C=O) groups excluding carboxylic acids is 1. The number of carbonyl (C=O) groups is 1. The minimum absolute atomic E-state index is 0.0171. The lowest BCUT2D eigenvalue weighted by Crippen LogP contribution is -2.44. The Bertz CT molecular complexity index is 571. The van der Waals surface area contributed by atoms with E-state index in [-0.39, 0.29) is 12.1 Å². The van der Waals surface area contributed by atoms with Crippen molar-refractivity contribution in [1.82, 2.24) is 10.3 Å². The van der Waals surface area contributed by atoms with Crippen LogP contribution in [0.25, 0.3) is 0 Å². The number of rotatable bonds is 3. The van der Waals surface area contributed by atoms with Crippen LogP contribution in [0.4, 0.5) is 5.69 Å². The van der Waals surface area contributed by atoms with Crippen LogP contribution in [0.15, 0.2) is 54.9 Å². The summed E-state index contributed by atoms with van der Waals surface area (Å²) in [4.78, 5) is 18.5. The highest BCUT2D eigenvalue weighted by Crippen LogP contribution is 2.23. The van der Waals surface area contributed by atoms with Crippen molar-refractivity contribution < 1.29 is 4.79 Å². The summed E-state index contributed by atoms with van der Waals surface area (Å²) >= 11 is 0. The first-order valence-electron chi connectivity index (χ1n) is 6.87. The molecule has 3 rings (SSSR count). The van der Waals surface area contributed by atoms with Gasteiger partial charge in [0.15, 0.2) is 0 Å². The van der Waals surface area contributed by atoms with Gasteiger partial charge in [-0.05, 0) is 37.1 Å². The predicted molar refractivity (Wildman–Crippen MR) is 78.5 cm³/mol. The number of aromatic nitrogens is 1. The smallest absolute Gasteiger partial charge is 0.252 e.